The molecule has 1 unspecified atom stereocenters. The van der Waals surface area contributed by atoms with E-state index < -0.39 is 0 Å². The molecule has 15 heavy (non-hydrogen) atoms. The molecule has 0 aliphatic carbocycles. The molecule has 0 amide bonds. The Morgan fingerprint density at radius 1 is 1.53 bits per heavy atom. The molecule has 82 valence electrons. The molecule has 1 aromatic rings. The summed E-state index contributed by atoms with van der Waals surface area (Å²) in [4.78, 5) is 6.75. The van der Waals surface area contributed by atoms with E-state index in [0.717, 1.165) is 22.5 Å². The lowest BCUT2D eigenvalue weighted by Crippen LogP contribution is -2.37. The quantitative estimate of drug-likeness (QED) is 0.853. The fourth-order valence-electron chi connectivity index (χ4n) is 2.04. The van der Waals surface area contributed by atoms with Crippen LogP contribution in [0.4, 0.5) is 11.5 Å². The Hall–Kier alpha value is -0.770. The van der Waals surface area contributed by atoms with E-state index in [0.29, 0.717) is 6.04 Å². The summed E-state index contributed by atoms with van der Waals surface area (Å²) in [5.41, 5.74) is 6.62. The van der Waals surface area contributed by atoms with Gasteiger partial charge in [-0.2, -0.15) is 0 Å². The summed E-state index contributed by atoms with van der Waals surface area (Å²) >= 11 is 3.36. The van der Waals surface area contributed by atoms with Crippen molar-refractivity contribution in [3.63, 3.8) is 0 Å². The lowest BCUT2D eigenvalue weighted by molar-refractivity contribution is 0.481. The predicted octanol–water partition coefficient (Wildman–Crippen LogP) is 2.81. The highest BCUT2D eigenvalue weighted by molar-refractivity contribution is 9.10. The van der Waals surface area contributed by atoms with Gasteiger partial charge in [-0.1, -0.05) is 0 Å². The third-order valence-corrected chi connectivity index (χ3v) is 3.63. The van der Waals surface area contributed by atoms with Gasteiger partial charge in [0.2, 0.25) is 0 Å². The highest BCUT2D eigenvalue weighted by atomic mass is 79.9. The highest BCUT2D eigenvalue weighted by Gasteiger charge is 2.19. The van der Waals surface area contributed by atoms with Gasteiger partial charge in [0.15, 0.2) is 0 Å². The standard InChI is InChI=1S/C11H16BrN3/c1-8-4-2-3-5-15(8)11-6-10(13)9(12)7-14-11/h6-8H,2-5H2,1H3,(H2,13,14). The Morgan fingerprint density at radius 2 is 2.33 bits per heavy atom. The van der Waals surface area contributed by atoms with Crippen LogP contribution in [0.2, 0.25) is 0 Å². The fraction of sp³-hybridized carbons (Fsp3) is 0.545. The van der Waals surface area contributed by atoms with Crippen molar-refractivity contribution in [1.29, 1.82) is 0 Å². The molecule has 0 bridgehead atoms. The molecule has 2 rings (SSSR count). The van der Waals surface area contributed by atoms with Crippen molar-refractivity contribution < 1.29 is 0 Å². The van der Waals surface area contributed by atoms with E-state index in [4.69, 9.17) is 5.73 Å². The van der Waals surface area contributed by atoms with Gasteiger partial charge in [0.05, 0.1) is 10.2 Å². The Bertz CT molecular complexity index is 354. The number of nitrogens with two attached hydrogens (primary N) is 1. The molecule has 1 aromatic heterocycles. The first-order valence-electron chi connectivity index (χ1n) is 5.36. The van der Waals surface area contributed by atoms with Gasteiger partial charge in [-0.25, -0.2) is 4.98 Å². The number of nitrogens with zero attached hydrogens (tertiary/aromatic N) is 2. The number of hydrogen-bond acceptors (Lipinski definition) is 3. The smallest absolute Gasteiger partial charge is 0.130 e. The normalized spacial score (nSPS) is 21.7. The van der Waals surface area contributed by atoms with Crippen LogP contribution < -0.4 is 10.6 Å². The molecule has 4 heteroatoms. The van der Waals surface area contributed by atoms with E-state index in [9.17, 15) is 0 Å². The zero-order chi connectivity index (χ0) is 10.8. The van der Waals surface area contributed by atoms with Gasteiger partial charge >= 0.3 is 0 Å². The van der Waals surface area contributed by atoms with Gasteiger partial charge in [0, 0.05) is 24.8 Å². The van der Waals surface area contributed by atoms with Gasteiger partial charge in [-0.3, -0.25) is 0 Å². The molecule has 0 spiro atoms. The molecule has 0 saturated carbocycles. The minimum atomic E-state index is 0.576. The van der Waals surface area contributed by atoms with Gasteiger partial charge < -0.3 is 10.6 Å². The van der Waals surface area contributed by atoms with Crippen molar-refractivity contribution in [1.82, 2.24) is 4.98 Å². The molecule has 1 saturated heterocycles. The van der Waals surface area contributed by atoms with Gasteiger partial charge in [0.1, 0.15) is 5.82 Å². The zero-order valence-corrected chi connectivity index (χ0v) is 10.5. The fourth-order valence-corrected chi connectivity index (χ4v) is 2.26. The maximum atomic E-state index is 5.86. The van der Waals surface area contributed by atoms with E-state index >= 15 is 0 Å². The molecule has 2 heterocycles. The summed E-state index contributed by atoms with van der Waals surface area (Å²) in [7, 11) is 0. The summed E-state index contributed by atoms with van der Waals surface area (Å²) in [6.45, 7) is 3.34. The molecular weight excluding hydrogens is 254 g/mol. The van der Waals surface area contributed by atoms with Gasteiger partial charge in [-0.05, 0) is 42.1 Å². The Labute approximate surface area is 98.8 Å². The van der Waals surface area contributed by atoms with Crippen molar-refractivity contribution in [2.75, 3.05) is 17.2 Å². The van der Waals surface area contributed by atoms with Crippen molar-refractivity contribution >= 4 is 27.4 Å². The van der Waals surface area contributed by atoms with Crippen LogP contribution in [0.3, 0.4) is 0 Å². The molecule has 2 N–H and O–H groups in total. The first-order valence-corrected chi connectivity index (χ1v) is 6.15. The second-order valence-electron chi connectivity index (χ2n) is 4.10. The van der Waals surface area contributed by atoms with Crippen LogP contribution >= 0.6 is 15.9 Å². The number of rotatable bonds is 1. The summed E-state index contributed by atoms with van der Waals surface area (Å²) < 4.78 is 0.871. The molecule has 3 nitrogen and oxygen atoms in total. The first-order chi connectivity index (χ1) is 7.18. The van der Waals surface area contributed by atoms with E-state index in [-0.39, 0.29) is 0 Å². The Morgan fingerprint density at radius 3 is 3.00 bits per heavy atom. The van der Waals surface area contributed by atoms with Crippen LogP contribution in [0.1, 0.15) is 26.2 Å². The van der Waals surface area contributed by atoms with E-state index in [1.165, 1.54) is 19.3 Å². The number of anilines is 2. The lowest BCUT2D eigenvalue weighted by Gasteiger charge is -2.34. The van der Waals surface area contributed by atoms with Crippen molar-refractivity contribution in [2.45, 2.75) is 32.2 Å². The largest absolute Gasteiger partial charge is 0.398 e. The predicted molar refractivity (Wildman–Crippen MR) is 67.0 cm³/mol. The zero-order valence-electron chi connectivity index (χ0n) is 8.91. The average molecular weight is 270 g/mol. The molecule has 0 aromatic carbocycles. The van der Waals surface area contributed by atoms with Crippen LogP contribution in [0.15, 0.2) is 16.7 Å². The van der Waals surface area contributed by atoms with Crippen molar-refractivity contribution in [2.24, 2.45) is 0 Å². The maximum Gasteiger partial charge on any atom is 0.130 e. The summed E-state index contributed by atoms with van der Waals surface area (Å²) in [5, 5.41) is 0. The van der Waals surface area contributed by atoms with Crippen LogP contribution in [-0.2, 0) is 0 Å². The van der Waals surface area contributed by atoms with Crippen LogP contribution in [0.5, 0.6) is 0 Å². The van der Waals surface area contributed by atoms with E-state index in [1.54, 1.807) is 6.20 Å². The molecule has 1 aliphatic rings. The highest BCUT2D eigenvalue weighted by Crippen LogP contribution is 2.27. The number of halogens is 1. The molecule has 1 atom stereocenters. The van der Waals surface area contributed by atoms with Crippen LogP contribution in [-0.4, -0.2) is 17.6 Å². The number of pyridine rings is 1. The van der Waals surface area contributed by atoms with E-state index in [1.807, 2.05) is 6.07 Å². The maximum absolute atomic E-state index is 5.86. The van der Waals surface area contributed by atoms with Crippen molar-refractivity contribution in [3.05, 3.63) is 16.7 Å². The second kappa shape index (κ2) is 4.39. The van der Waals surface area contributed by atoms with Crippen LogP contribution in [0, 0.1) is 0 Å². The number of aromatic nitrogens is 1. The average Bonchev–Trinajstić information content (AvgIpc) is 2.23. The summed E-state index contributed by atoms with van der Waals surface area (Å²) in [6.07, 6.45) is 5.61. The second-order valence-corrected chi connectivity index (χ2v) is 4.96. The van der Waals surface area contributed by atoms with Gasteiger partial charge in [0.25, 0.3) is 0 Å². The number of hydrogen-bond donors (Lipinski definition) is 1. The number of piperidine rings is 1. The SMILES string of the molecule is CC1CCCCN1c1cc(N)c(Br)cn1. The minimum absolute atomic E-state index is 0.576. The monoisotopic (exact) mass is 269 g/mol. The molecular formula is C11H16BrN3. The Kier molecular flexibility index (Phi) is 3.14. The first kappa shape index (κ1) is 10.7. The summed E-state index contributed by atoms with van der Waals surface area (Å²) in [5.74, 6) is 1.00. The van der Waals surface area contributed by atoms with Crippen LogP contribution in [0.25, 0.3) is 0 Å². The lowest BCUT2D eigenvalue weighted by atomic mass is 10.0. The molecule has 1 fully saturated rings. The summed E-state index contributed by atoms with van der Waals surface area (Å²) in [6, 6.07) is 2.53. The topological polar surface area (TPSA) is 42.1 Å². The van der Waals surface area contributed by atoms with E-state index in [2.05, 4.69) is 32.7 Å². The molecule has 1 aliphatic heterocycles. The van der Waals surface area contributed by atoms with Crippen molar-refractivity contribution in [3.8, 4) is 0 Å². The number of nitrogen functional groups attached to an aromatic ring is 1. The third kappa shape index (κ3) is 2.25. The molecule has 0 radical (unpaired) electrons. The minimum Gasteiger partial charge on any atom is -0.398 e. The third-order valence-electron chi connectivity index (χ3n) is 2.97. The Balaban J connectivity index is 2.24. The van der Waals surface area contributed by atoms with Gasteiger partial charge in [-0.15, -0.1) is 0 Å².